The summed E-state index contributed by atoms with van der Waals surface area (Å²) in [5, 5.41) is 7.42. The van der Waals surface area contributed by atoms with Crippen molar-refractivity contribution in [1.82, 2.24) is 15.2 Å². The Morgan fingerprint density at radius 1 is 1.06 bits per heavy atom. The molecule has 2 N–H and O–H groups in total. The molecule has 32 heavy (non-hydrogen) atoms. The molecular formula is C25H25ClN4O2. The number of nitrogens with one attached hydrogen (secondary N) is 2. The summed E-state index contributed by atoms with van der Waals surface area (Å²) in [7, 11) is 0. The van der Waals surface area contributed by atoms with Crippen LogP contribution in [0.15, 0.2) is 77.5 Å². The molecule has 6 nitrogen and oxygen atoms in total. The molecule has 0 aliphatic carbocycles. The molecule has 2 aromatic carbocycles. The fourth-order valence-electron chi connectivity index (χ4n) is 3.93. The summed E-state index contributed by atoms with van der Waals surface area (Å²) in [4.78, 5) is 19.1. The highest BCUT2D eigenvalue weighted by Gasteiger charge is 2.15. The molecule has 1 fully saturated rings. The number of benzene rings is 2. The molecule has 1 aliphatic heterocycles. The third-order valence-electron chi connectivity index (χ3n) is 5.56. The van der Waals surface area contributed by atoms with Crippen molar-refractivity contribution < 1.29 is 9.21 Å². The Balaban J connectivity index is 0.00000245. The summed E-state index contributed by atoms with van der Waals surface area (Å²) in [6.07, 6.45) is 3.20. The number of furan rings is 1. The van der Waals surface area contributed by atoms with E-state index < -0.39 is 0 Å². The highest BCUT2D eigenvalue weighted by atomic mass is 35.5. The van der Waals surface area contributed by atoms with Crippen LogP contribution in [-0.2, 0) is 6.54 Å². The summed E-state index contributed by atoms with van der Waals surface area (Å²) in [5.41, 5.74) is 4.17. The average molecular weight is 449 g/mol. The molecule has 4 aromatic rings. The van der Waals surface area contributed by atoms with E-state index in [0.29, 0.717) is 11.3 Å². The van der Waals surface area contributed by atoms with E-state index >= 15 is 0 Å². The molecule has 3 heterocycles. The number of carbonyl (C=O) groups excluding carboxylic acids is 1. The minimum absolute atomic E-state index is 0. The van der Waals surface area contributed by atoms with Crippen molar-refractivity contribution in [2.24, 2.45) is 0 Å². The second-order valence-electron chi connectivity index (χ2n) is 7.75. The van der Waals surface area contributed by atoms with Crippen molar-refractivity contribution in [1.29, 1.82) is 0 Å². The zero-order valence-electron chi connectivity index (χ0n) is 17.6. The van der Waals surface area contributed by atoms with E-state index in [-0.39, 0.29) is 18.3 Å². The topological polar surface area (TPSA) is 70.4 Å². The fraction of sp³-hybridized carbons (Fsp3) is 0.200. The number of amides is 1. The molecule has 2 aromatic heterocycles. The van der Waals surface area contributed by atoms with Crippen LogP contribution in [0.4, 0.5) is 5.69 Å². The van der Waals surface area contributed by atoms with E-state index in [2.05, 4.69) is 38.7 Å². The number of aromatic nitrogens is 1. The Bertz CT molecular complexity index is 1200. The number of anilines is 1. The maximum atomic E-state index is 12.6. The maximum absolute atomic E-state index is 12.6. The average Bonchev–Trinajstić information content (AvgIpc) is 3.24. The molecule has 0 saturated carbocycles. The van der Waals surface area contributed by atoms with Gasteiger partial charge in [0.1, 0.15) is 11.3 Å². The lowest BCUT2D eigenvalue weighted by atomic mass is 10.1. The highest BCUT2D eigenvalue weighted by Crippen LogP contribution is 2.33. The SMILES string of the molecule is Cl.O=C(Nc1ccccc1-c1cc2ccc(CN3CCNCC3)cc2o1)c1cccnc1. The van der Waals surface area contributed by atoms with Gasteiger partial charge in [0.15, 0.2) is 0 Å². The standard InChI is InChI=1S/C25H24N4O2.ClH/c30-25(20-4-3-9-27-16-20)28-22-6-2-1-5-21(22)24-15-19-8-7-18(14-23(19)31-24)17-29-12-10-26-11-13-29;/h1-9,14-16,26H,10-13,17H2,(H,28,30);1H. The van der Waals surface area contributed by atoms with Gasteiger partial charge in [0.2, 0.25) is 0 Å². The molecule has 1 amide bonds. The summed E-state index contributed by atoms with van der Waals surface area (Å²) in [5.74, 6) is 0.534. The van der Waals surface area contributed by atoms with Crippen LogP contribution < -0.4 is 10.6 Å². The van der Waals surface area contributed by atoms with Gasteiger partial charge in [-0.2, -0.15) is 0 Å². The van der Waals surface area contributed by atoms with Crippen molar-refractivity contribution in [2.75, 3.05) is 31.5 Å². The van der Waals surface area contributed by atoms with Crippen LogP contribution in [0.5, 0.6) is 0 Å². The zero-order valence-corrected chi connectivity index (χ0v) is 18.4. The van der Waals surface area contributed by atoms with Gasteiger partial charge in [-0.25, -0.2) is 0 Å². The number of rotatable bonds is 5. The van der Waals surface area contributed by atoms with Crippen molar-refractivity contribution in [3.63, 3.8) is 0 Å². The Morgan fingerprint density at radius 2 is 1.91 bits per heavy atom. The minimum Gasteiger partial charge on any atom is -0.456 e. The molecule has 7 heteroatoms. The van der Waals surface area contributed by atoms with Gasteiger partial charge < -0.3 is 15.1 Å². The van der Waals surface area contributed by atoms with E-state index in [0.717, 1.165) is 55.0 Å². The Morgan fingerprint density at radius 3 is 2.72 bits per heavy atom. The first-order valence-electron chi connectivity index (χ1n) is 10.5. The van der Waals surface area contributed by atoms with E-state index in [1.54, 1.807) is 24.5 Å². The van der Waals surface area contributed by atoms with Crippen LogP contribution >= 0.6 is 12.4 Å². The number of para-hydroxylation sites is 1. The molecule has 1 aliphatic rings. The zero-order chi connectivity index (χ0) is 21.0. The van der Waals surface area contributed by atoms with Crippen LogP contribution in [0.1, 0.15) is 15.9 Å². The first-order valence-corrected chi connectivity index (χ1v) is 10.5. The van der Waals surface area contributed by atoms with Gasteiger partial charge in [0.25, 0.3) is 5.91 Å². The number of carbonyl (C=O) groups is 1. The minimum atomic E-state index is -0.199. The third-order valence-corrected chi connectivity index (χ3v) is 5.56. The molecule has 0 radical (unpaired) electrons. The first kappa shape index (κ1) is 22.0. The summed E-state index contributed by atoms with van der Waals surface area (Å²) >= 11 is 0. The van der Waals surface area contributed by atoms with E-state index in [9.17, 15) is 4.79 Å². The quantitative estimate of drug-likeness (QED) is 0.468. The van der Waals surface area contributed by atoms with Crippen LogP contribution in [0.2, 0.25) is 0 Å². The normalized spacial score (nSPS) is 14.1. The van der Waals surface area contributed by atoms with Crippen LogP contribution in [0.3, 0.4) is 0 Å². The Hall–Kier alpha value is -3.19. The molecule has 164 valence electrons. The predicted molar refractivity (Wildman–Crippen MR) is 129 cm³/mol. The number of halogens is 1. The van der Waals surface area contributed by atoms with Gasteiger partial charge in [-0.1, -0.05) is 24.3 Å². The number of piperazine rings is 1. The number of hydrogen-bond donors (Lipinski definition) is 2. The molecule has 1 saturated heterocycles. The van der Waals surface area contributed by atoms with Crippen molar-refractivity contribution in [2.45, 2.75) is 6.54 Å². The molecule has 5 rings (SSSR count). The van der Waals surface area contributed by atoms with Gasteiger partial charge in [-0.05, 0) is 42.0 Å². The molecule has 0 atom stereocenters. The number of hydrogen-bond acceptors (Lipinski definition) is 5. The van der Waals surface area contributed by atoms with Crippen LogP contribution in [0.25, 0.3) is 22.3 Å². The van der Waals surface area contributed by atoms with Gasteiger partial charge in [-0.3, -0.25) is 14.7 Å². The lowest BCUT2D eigenvalue weighted by Crippen LogP contribution is -2.42. The molecular weight excluding hydrogens is 424 g/mol. The van der Waals surface area contributed by atoms with Crippen molar-refractivity contribution in [3.8, 4) is 11.3 Å². The van der Waals surface area contributed by atoms with Gasteiger partial charge in [0, 0.05) is 56.1 Å². The summed E-state index contributed by atoms with van der Waals surface area (Å²) in [6, 6.07) is 19.6. The third kappa shape index (κ3) is 4.83. The van der Waals surface area contributed by atoms with E-state index in [1.807, 2.05) is 30.3 Å². The maximum Gasteiger partial charge on any atom is 0.257 e. The smallest absolute Gasteiger partial charge is 0.257 e. The second kappa shape index (κ2) is 9.96. The second-order valence-corrected chi connectivity index (χ2v) is 7.75. The predicted octanol–water partition coefficient (Wildman–Crippen LogP) is 4.57. The Kier molecular flexibility index (Phi) is 6.85. The number of fused-ring (bicyclic) bond motifs is 1. The van der Waals surface area contributed by atoms with Gasteiger partial charge in [-0.15, -0.1) is 12.4 Å². The monoisotopic (exact) mass is 448 g/mol. The lowest BCUT2D eigenvalue weighted by molar-refractivity contribution is 0.102. The number of nitrogens with zero attached hydrogens (tertiary/aromatic N) is 2. The van der Waals surface area contributed by atoms with Crippen LogP contribution in [0, 0.1) is 0 Å². The van der Waals surface area contributed by atoms with Crippen molar-refractivity contribution >= 4 is 35.0 Å². The highest BCUT2D eigenvalue weighted by molar-refractivity contribution is 6.06. The summed E-state index contributed by atoms with van der Waals surface area (Å²) < 4.78 is 6.22. The number of pyridine rings is 1. The molecule has 0 spiro atoms. The largest absolute Gasteiger partial charge is 0.456 e. The van der Waals surface area contributed by atoms with Gasteiger partial charge >= 0.3 is 0 Å². The molecule has 0 bridgehead atoms. The van der Waals surface area contributed by atoms with Crippen LogP contribution in [-0.4, -0.2) is 42.0 Å². The van der Waals surface area contributed by atoms with E-state index in [1.165, 1.54) is 5.56 Å². The van der Waals surface area contributed by atoms with E-state index in [4.69, 9.17) is 4.42 Å². The fourth-order valence-corrected chi connectivity index (χ4v) is 3.93. The van der Waals surface area contributed by atoms with Crippen molar-refractivity contribution in [3.05, 3.63) is 84.2 Å². The van der Waals surface area contributed by atoms with Gasteiger partial charge in [0.05, 0.1) is 11.3 Å². The lowest BCUT2D eigenvalue weighted by Gasteiger charge is -2.27. The summed E-state index contributed by atoms with van der Waals surface area (Å²) in [6.45, 7) is 5.12. The first-order chi connectivity index (χ1) is 15.3. The molecule has 0 unspecified atom stereocenters. The Labute approximate surface area is 193 Å².